The van der Waals surface area contributed by atoms with Crippen LogP contribution in [0, 0.1) is 17.8 Å². The molecule has 0 aromatic carbocycles. The summed E-state index contributed by atoms with van der Waals surface area (Å²) in [6, 6.07) is 0. The van der Waals surface area contributed by atoms with Crippen LogP contribution in [0.3, 0.4) is 0 Å². The third-order valence-electron chi connectivity index (χ3n) is 1.70. The monoisotopic (exact) mass is 152 g/mol. The topological polar surface area (TPSA) is 9.23 Å². The van der Waals surface area contributed by atoms with Gasteiger partial charge in [-0.3, -0.25) is 0 Å². The van der Waals surface area contributed by atoms with Crippen molar-refractivity contribution in [2.45, 2.75) is 39.2 Å². The van der Waals surface area contributed by atoms with E-state index in [0.29, 0.717) is 5.92 Å². The fourth-order valence-corrected chi connectivity index (χ4v) is 1.07. The first kappa shape index (κ1) is 8.62. The Morgan fingerprint density at radius 2 is 2.36 bits per heavy atom. The van der Waals surface area contributed by atoms with E-state index in [0.717, 1.165) is 19.4 Å². The zero-order valence-corrected chi connectivity index (χ0v) is 7.39. The minimum atomic E-state index is 0.244. The van der Waals surface area contributed by atoms with Gasteiger partial charge in [-0.1, -0.05) is 19.8 Å². The van der Waals surface area contributed by atoms with Crippen LogP contribution in [-0.4, -0.2) is 12.7 Å². The second kappa shape index (κ2) is 4.41. The lowest BCUT2D eigenvalue weighted by molar-refractivity contribution is 0.152. The van der Waals surface area contributed by atoms with Crippen LogP contribution in [0.1, 0.15) is 33.1 Å². The first-order valence-electron chi connectivity index (χ1n) is 4.39. The van der Waals surface area contributed by atoms with Crippen molar-refractivity contribution in [2.75, 3.05) is 6.61 Å². The molecule has 0 aliphatic carbocycles. The summed E-state index contributed by atoms with van der Waals surface area (Å²) in [7, 11) is 0. The largest absolute Gasteiger partial charge is 0.366 e. The van der Waals surface area contributed by atoms with Crippen LogP contribution >= 0.6 is 0 Å². The van der Waals surface area contributed by atoms with Crippen molar-refractivity contribution < 1.29 is 4.74 Å². The molecule has 0 bridgehead atoms. The molecule has 11 heavy (non-hydrogen) atoms. The van der Waals surface area contributed by atoms with Gasteiger partial charge in [-0.25, -0.2) is 0 Å². The van der Waals surface area contributed by atoms with E-state index in [2.05, 4.69) is 25.7 Å². The summed E-state index contributed by atoms with van der Waals surface area (Å²) in [6.07, 6.45) is 3.56. The highest BCUT2D eigenvalue weighted by molar-refractivity contribution is 5.06. The fraction of sp³-hybridized carbons (Fsp3) is 0.800. The molecule has 1 nitrogen and oxygen atoms in total. The molecule has 1 fully saturated rings. The predicted molar refractivity (Wildman–Crippen MR) is 46.2 cm³/mol. The van der Waals surface area contributed by atoms with E-state index >= 15 is 0 Å². The molecule has 0 aromatic heterocycles. The maximum atomic E-state index is 5.36. The molecule has 0 saturated carbocycles. The highest BCUT2D eigenvalue weighted by atomic mass is 16.5. The molecule has 1 heteroatoms. The van der Waals surface area contributed by atoms with Crippen LogP contribution in [0.5, 0.6) is 0 Å². The number of ether oxygens (including phenoxy) is 1. The van der Waals surface area contributed by atoms with Crippen LogP contribution in [0.4, 0.5) is 0 Å². The Kier molecular flexibility index (Phi) is 3.45. The molecule has 0 radical (unpaired) electrons. The lowest BCUT2D eigenvalue weighted by Gasteiger charge is -1.98. The van der Waals surface area contributed by atoms with Gasteiger partial charge in [-0.15, -0.1) is 5.92 Å². The SMILES string of the molecule is CC(C)CC#CC1CCCO1. The molecule has 1 rings (SSSR count). The van der Waals surface area contributed by atoms with Crippen molar-refractivity contribution in [1.29, 1.82) is 0 Å². The van der Waals surface area contributed by atoms with E-state index in [1.165, 1.54) is 6.42 Å². The van der Waals surface area contributed by atoms with Gasteiger partial charge in [0.05, 0.1) is 0 Å². The van der Waals surface area contributed by atoms with Crippen molar-refractivity contribution in [3.05, 3.63) is 0 Å². The molecule has 0 N–H and O–H groups in total. The first-order valence-corrected chi connectivity index (χ1v) is 4.39. The maximum Gasteiger partial charge on any atom is 0.118 e. The Balaban J connectivity index is 2.20. The van der Waals surface area contributed by atoms with E-state index in [1.807, 2.05) is 0 Å². The number of hydrogen-bond acceptors (Lipinski definition) is 1. The normalized spacial score (nSPS) is 23.4. The molecule has 1 unspecified atom stereocenters. The van der Waals surface area contributed by atoms with E-state index in [1.54, 1.807) is 0 Å². The quantitative estimate of drug-likeness (QED) is 0.523. The van der Waals surface area contributed by atoms with E-state index in [-0.39, 0.29) is 6.10 Å². The predicted octanol–water partition coefficient (Wildman–Crippen LogP) is 2.21. The van der Waals surface area contributed by atoms with Crippen molar-refractivity contribution in [3.63, 3.8) is 0 Å². The molecular weight excluding hydrogens is 136 g/mol. The highest BCUT2D eigenvalue weighted by Gasteiger charge is 2.11. The third kappa shape index (κ3) is 3.43. The molecule has 0 amide bonds. The lowest BCUT2D eigenvalue weighted by Crippen LogP contribution is -1.99. The van der Waals surface area contributed by atoms with Crippen LogP contribution in [0.25, 0.3) is 0 Å². The molecule has 1 atom stereocenters. The van der Waals surface area contributed by atoms with Crippen LogP contribution in [0.15, 0.2) is 0 Å². The van der Waals surface area contributed by atoms with Crippen molar-refractivity contribution in [1.82, 2.24) is 0 Å². The molecule has 1 aliphatic heterocycles. The number of rotatable bonds is 1. The second-order valence-electron chi connectivity index (χ2n) is 3.42. The highest BCUT2D eigenvalue weighted by Crippen LogP contribution is 2.10. The van der Waals surface area contributed by atoms with Gasteiger partial charge in [-0.2, -0.15) is 0 Å². The molecular formula is C10H16O. The van der Waals surface area contributed by atoms with Gasteiger partial charge in [0, 0.05) is 13.0 Å². The van der Waals surface area contributed by atoms with Crippen LogP contribution in [-0.2, 0) is 4.74 Å². The number of hydrogen-bond donors (Lipinski definition) is 0. The lowest BCUT2D eigenvalue weighted by atomic mass is 10.1. The van der Waals surface area contributed by atoms with Gasteiger partial charge >= 0.3 is 0 Å². The Morgan fingerprint density at radius 1 is 1.55 bits per heavy atom. The van der Waals surface area contributed by atoms with E-state index < -0.39 is 0 Å². The summed E-state index contributed by atoms with van der Waals surface area (Å²) in [6.45, 7) is 5.27. The first-order chi connectivity index (χ1) is 5.29. The Bertz CT molecular complexity index is 155. The van der Waals surface area contributed by atoms with Crippen molar-refractivity contribution in [2.24, 2.45) is 5.92 Å². The smallest absolute Gasteiger partial charge is 0.118 e. The van der Waals surface area contributed by atoms with Gasteiger partial charge in [-0.05, 0) is 18.8 Å². The third-order valence-corrected chi connectivity index (χ3v) is 1.70. The van der Waals surface area contributed by atoms with Gasteiger partial charge in [0.25, 0.3) is 0 Å². The van der Waals surface area contributed by atoms with Gasteiger partial charge in [0.1, 0.15) is 6.10 Å². The van der Waals surface area contributed by atoms with Gasteiger partial charge in [0.15, 0.2) is 0 Å². The second-order valence-corrected chi connectivity index (χ2v) is 3.42. The van der Waals surface area contributed by atoms with E-state index in [9.17, 15) is 0 Å². The molecule has 0 spiro atoms. The minimum Gasteiger partial charge on any atom is -0.366 e. The Hall–Kier alpha value is -0.480. The maximum absolute atomic E-state index is 5.36. The van der Waals surface area contributed by atoms with Crippen LogP contribution in [0.2, 0.25) is 0 Å². The molecule has 1 saturated heterocycles. The van der Waals surface area contributed by atoms with Crippen LogP contribution < -0.4 is 0 Å². The summed E-state index contributed by atoms with van der Waals surface area (Å²) in [5.41, 5.74) is 0. The summed E-state index contributed by atoms with van der Waals surface area (Å²) in [5.74, 6) is 6.98. The standard InChI is InChI=1S/C10H16O/c1-9(2)5-3-6-10-7-4-8-11-10/h9-10H,4-5,7-8H2,1-2H3. The van der Waals surface area contributed by atoms with E-state index in [4.69, 9.17) is 4.74 Å². The summed E-state index contributed by atoms with van der Waals surface area (Å²) >= 11 is 0. The average molecular weight is 152 g/mol. The molecule has 62 valence electrons. The minimum absolute atomic E-state index is 0.244. The van der Waals surface area contributed by atoms with Crippen molar-refractivity contribution >= 4 is 0 Å². The Morgan fingerprint density at radius 3 is 2.91 bits per heavy atom. The molecule has 1 heterocycles. The molecule has 1 aliphatic rings. The summed E-state index contributed by atoms with van der Waals surface area (Å²) in [5, 5.41) is 0. The zero-order chi connectivity index (χ0) is 8.10. The summed E-state index contributed by atoms with van der Waals surface area (Å²) in [4.78, 5) is 0. The molecule has 0 aromatic rings. The van der Waals surface area contributed by atoms with Crippen molar-refractivity contribution in [3.8, 4) is 11.8 Å². The summed E-state index contributed by atoms with van der Waals surface area (Å²) < 4.78 is 5.36. The average Bonchev–Trinajstić information content (AvgIpc) is 2.39. The zero-order valence-electron chi connectivity index (χ0n) is 7.39. The van der Waals surface area contributed by atoms with Gasteiger partial charge < -0.3 is 4.74 Å². The Labute approximate surface area is 69.1 Å². The van der Waals surface area contributed by atoms with Gasteiger partial charge in [0.2, 0.25) is 0 Å². The fourth-order valence-electron chi connectivity index (χ4n) is 1.07.